The van der Waals surface area contributed by atoms with Crippen LogP contribution in [0.5, 0.6) is 0 Å². The molecule has 2 atom stereocenters. The molecule has 0 heterocycles. The van der Waals surface area contributed by atoms with E-state index in [1.165, 1.54) is 167 Å². The second kappa shape index (κ2) is 45.5. The fourth-order valence-electron chi connectivity index (χ4n) is 6.83. The van der Waals surface area contributed by atoms with Crippen LogP contribution in [0.15, 0.2) is 60.8 Å². The number of unbranched alkanes of at least 4 members (excludes halogenated alkanes) is 27. The number of aliphatic hydroxyl groups is 2. The van der Waals surface area contributed by atoms with E-state index in [9.17, 15) is 15.0 Å². The van der Waals surface area contributed by atoms with Crippen molar-refractivity contribution in [1.82, 2.24) is 5.32 Å². The summed E-state index contributed by atoms with van der Waals surface area (Å²) in [5.74, 6) is -0.0808. The van der Waals surface area contributed by atoms with Gasteiger partial charge in [0.25, 0.3) is 0 Å². The number of aliphatic hydroxyl groups excluding tert-OH is 2. The molecule has 0 aliphatic carbocycles. The van der Waals surface area contributed by atoms with Gasteiger partial charge in [0.05, 0.1) is 18.8 Å². The fraction of sp³-hybridized carbons (Fsp3) is 0.780. The lowest BCUT2D eigenvalue weighted by Crippen LogP contribution is -2.45. The largest absolute Gasteiger partial charge is 0.394 e. The third-order valence-corrected chi connectivity index (χ3v) is 10.5. The van der Waals surface area contributed by atoms with Crippen LogP contribution in [0.4, 0.5) is 0 Å². The van der Waals surface area contributed by atoms with E-state index in [-0.39, 0.29) is 12.5 Å². The van der Waals surface area contributed by atoms with Crippen molar-refractivity contribution in [2.75, 3.05) is 6.61 Å². The molecule has 0 fully saturated rings. The van der Waals surface area contributed by atoms with Crippen molar-refractivity contribution in [3.05, 3.63) is 60.8 Å². The van der Waals surface area contributed by atoms with E-state index in [0.29, 0.717) is 6.42 Å². The van der Waals surface area contributed by atoms with Gasteiger partial charge in [-0.25, -0.2) is 0 Å². The average molecular weight is 754 g/mol. The summed E-state index contributed by atoms with van der Waals surface area (Å²) >= 11 is 0. The van der Waals surface area contributed by atoms with Crippen molar-refractivity contribution >= 4 is 5.91 Å². The van der Waals surface area contributed by atoms with Gasteiger partial charge in [-0.3, -0.25) is 4.79 Å². The lowest BCUT2D eigenvalue weighted by atomic mass is 10.0. The predicted molar refractivity (Wildman–Crippen MR) is 239 cm³/mol. The zero-order chi connectivity index (χ0) is 39.3. The van der Waals surface area contributed by atoms with Crippen LogP contribution in [0.1, 0.15) is 232 Å². The summed E-state index contributed by atoms with van der Waals surface area (Å²) in [6.45, 7) is 4.26. The zero-order valence-electron chi connectivity index (χ0n) is 36.0. The van der Waals surface area contributed by atoms with Crippen molar-refractivity contribution in [2.45, 2.75) is 244 Å². The van der Waals surface area contributed by atoms with Gasteiger partial charge in [-0.2, -0.15) is 0 Å². The van der Waals surface area contributed by atoms with Gasteiger partial charge >= 0.3 is 0 Å². The predicted octanol–water partition coefficient (Wildman–Crippen LogP) is 14.9. The molecule has 2 unspecified atom stereocenters. The molecule has 54 heavy (non-hydrogen) atoms. The molecule has 0 spiro atoms. The number of amides is 1. The maximum absolute atomic E-state index is 12.4. The maximum Gasteiger partial charge on any atom is 0.220 e. The van der Waals surface area contributed by atoms with Gasteiger partial charge in [-0.1, -0.05) is 209 Å². The Morgan fingerprint density at radius 2 is 0.778 bits per heavy atom. The standard InChI is InChI=1S/C50H91NO3/c1-3-5-7-9-11-13-15-17-18-19-20-21-22-23-24-25-26-27-28-29-30-31-32-34-36-38-40-42-44-46-50(54)51-48(47-52)49(53)45-43-41-39-37-35-33-16-14-12-10-8-6-4-2/h12,14,20-21,23-24,35,37,43,45,48-49,52-53H,3-11,13,15-19,22,25-34,36,38-42,44,46-47H2,1-2H3,(H,51,54)/b14-12+,21-20-,24-23-,37-35+,45-43+. The zero-order valence-corrected chi connectivity index (χ0v) is 36.0. The Kier molecular flexibility index (Phi) is 43.9. The van der Waals surface area contributed by atoms with Gasteiger partial charge in [0.2, 0.25) is 5.91 Å². The molecule has 0 rings (SSSR count). The normalized spacial score (nSPS) is 13.5. The molecule has 3 N–H and O–H groups in total. The van der Waals surface area contributed by atoms with Crippen LogP contribution in [0, 0.1) is 0 Å². The smallest absolute Gasteiger partial charge is 0.220 e. The molecule has 0 radical (unpaired) electrons. The summed E-state index contributed by atoms with van der Waals surface area (Å²) in [5, 5.41) is 22.9. The molecule has 4 heteroatoms. The Balaban J connectivity index is 3.54. The fourth-order valence-corrected chi connectivity index (χ4v) is 6.83. The average Bonchev–Trinajstić information content (AvgIpc) is 3.18. The Hall–Kier alpha value is -1.91. The lowest BCUT2D eigenvalue weighted by Gasteiger charge is -2.19. The van der Waals surface area contributed by atoms with Crippen LogP contribution in [0.2, 0.25) is 0 Å². The van der Waals surface area contributed by atoms with E-state index in [2.05, 4.69) is 67.8 Å². The highest BCUT2D eigenvalue weighted by Crippen LogP contribution is 2.14. The molecule has 1 amide bonds. The molecule has 0 aromatic rings. The second-order valence-corrected chi connectivity index (χ2v) is 15.8. The highest BCUT2D eigenvalue weighted by atomic mass is 16.3. The van der Waals surface area contributed by atoms with Crippen LogP contribution < -0.4 is 5.32 Å². The van der Waals surface area contributed by atoms with Crippen LogP contribution in [0.3, 0.4) is 0 Å². The number of hydrogen-bond donors (Lipinski definition) is 3. The number of rotatable bonds is 42. The number of carbonyl (C=O) groups excluding carboxylic acids is 1. The topological polar surface area (TPSA) is 69.6 Å². The maximum atomic E-state index is 12.4. The van der Waals surface area contributed by atoms with E-state index in [0.717, 1.165) is 44.9 Å². The third-order valence-electron chi connectivity index (χ3n) is 10.5. The molecule has 0 bridgehead atoms. The Morgan fingerprint density at radius 3 is 1.22 bits per heavy atom. The molecule has 0 aliphatic heterocycles. The molecule has 0 aliphatic rings. The second-order valence-electron chi connectivity index (χ2n) is 15.8. The van der Waals surface area contributed by atoms with Crippen molar-refractivity contribution < 1.29 is 15.0 Å². The highest BCUT2D eigenvalue weighted by Gasteiger charge is 2.17. The molecule has 0 aromatic heterocycles. The third kappa shape index (κ3) is 41.3. The summed E-state index contributed by atoms with van der Waals surface area (Å²) in [4.78, 5) is 12.4. The van der Waals surface area contributed by atoms with E-state index in [4.69, 9.17) is 0 Å². The summed E-state index contributed by atoms with van der Waals surface area (Å²) in [6, 6.07) is -0.646. The van der Waals surface area contributed by atoms with Gasteiger partial charge in [0.1, 0.15) is 0 Å². The first-order valence-corrected chi connectivity index (χ1v) is 23.5. The molecule has 0 saturated carbocycles. The monoisotopic (exact) mass is 754 g/mol. The lowest BCUT2D eigenvalue weighted by molar-refractivity contribution is -0.123. The quantitative estimate of drug-likeness (QED) is 0.0429. The SMILES string of the molecule is CCCCC/C=C/CC/C=C/CC/C=C/C(O)C(CO)NC(=O)CCCCCCCCCCCCCCC/C=C\C/C=C\CCCCCCCCCCC. The Labute approximate surface area is 336 Å². The highest BCUT2D eigenvalue weighted by molar-refractivity contribution is 5.76. The Morgan fingerprint density at radius 1 is 0.444 bits per heavy atom. The van der Waals surface area contributed by atoms with Gasteiger partial charge < -0.3 is 15.5 Å². The van der Waals surface area contributed by atoms with Crippen molar-refractivity contribution in [3.8, 4) is 0 Å². The van der Waals surface area contributed by atoms with Crippen LogP contribution in [-0.4, -0.2) is 34.9 Å². The van der Waals surface area contributed by atoms with E-state index in [1.54, 1.807) is 6.08 Å². The first-order chi connectivity index (χ1) is 26.7. The number of nitrogens with one attached hydrogen (secondary N) is 1. The Bertz CT molecular complexity index is 904. The van der Waals surface area contributed by atoms with Crippen molar-refractivity contribution in [3.63, 3.8) is 0 Å². The molecular weight excluding hydrogens is 663 g/mol. The molecule has 0 aromatic carbocycles. The number of hydrogen-bond acceptors (Lipinski definition) is 3. The molecule has 314 valence electrons. The minimum atomic E-state index is -0.871. The minimum Gasteiger partial charge on any atom is -0.394 e. The first kappa shape index (κ1) is 52.1. The van der Waals surface area contributed by atoms with Gasteiger partial charge in [0.15, 0.2) is 0 Å². The summed E-state index contributed by atoms with van der Waals surface area (Å²) < 4.78 is 0. The summed E-state index contributed by atoms with van der Waals surface area (Å²) in [6.07, 6.45) is 63.5. The van der Waals surface area contributed by atoms with E-state index in [1.807, 2.05) is 6.08 Å². The first-order valence-electron chi connectivity index (χ1n) is 23.5. The molecule has 0 saturated heterocycles. The van der Waals surface area contributed by atoms with Crippen molar-refractivity contribution in [1.29, 1.82) is 0 Å². The molecular formula is C50H91NO3. The summed E-state index contributed by atoms with van der Waals surface area (Å²) in [5.41, 5.74) is 0. The van der Waals surface area contributed by atoms with Crippen LogP contribution >= 0.6 is 0 Å². The minimum absolute atomic E-state index is 0.0808. The van der Waals surface area contributed by atoms with Gasteiger partial charge in [-0.15, -0.1) is 0 Å². The van der Waals surface area contributed by atoms with Gasteiger partial charge in [0, 0.05) is 6.42 Å². The van der Waals surface area contributed by atoms with Crippen LogP contribution in [0.25, 0.3) is 0 Å². The number of carbonyl (C=O) groups is 1. The number of allylic oxidation sites excluding steroid dienone is 9. The van der Waals surface area contributed by atoms with E-state index >= 15 is 0 Å². The molecule has 4 nitrogen and oxygen atoms in total. The van der Waals surface area contributed by atoms with Crippen LogP contribution in [-0.2, 0) is 4.79 Å². The van der Waals surface area contributed by atoms with Gasteiger partial charge in [-0.05, 0) is 77.0 Å². The van der Waals surface area contributed by atoms with E-state index < -0.39 is 12.1 Å². The van der Waals surface area contributed by atoms with Crippen molar-refractivity contribution in [2.24, 2.45) is 0 Å². The summed E-state index contributed by atoms with van der Waals surface area (Å²) in [7, 11) is 0.